The fraction of sp³-hybridized carbons (Fsp3) is 0.300. The molecule has 39 heavy (non-hydrogen) atoms. The summed E-state index contributed by atoms with van der Waals surface area (Å²) in [4.78, 5) is 31.9. The van der Waals surface area contributed by atoms with Gasteiger partial charge in [0.05, 0.1) is 17.1 Å². The Morgan fingerprint density at radius 3 is 2.62 bits per heavy atom. The molecule has 0 radical (unpaired) electrons. The maximum absolute atomic E-state index is 13.0. The maximum atomic E-state index is 13.0. The largest absolute Gasteiger partial charge is 0.380 e. The summed E-state index contributed by atoms with van der Waals surface area (Å²) in [6.45, 7) is 3.16. The molecule has 1 aromatic heterocycles. The number of nitrogens with zero attached hydrogens (tertiary/aromatic N) is 3. The zero-order chi connectivity index (χ0) is 27.5. The van der Waals surface area contributed by atoms with E-state index in [4.69, 9.17) is 11.6 Å². The number of rotatable bonds is 8. The van der Waals surface area contributed by atoms with Crippen molar-refractivity contribution in [2.24, 2.45) is 0 Å². The molecule has 3 N–H and O–H groups in total. The van der Waals surface area contributed by atoms with Crippen LogP contribution in [0.5, 0.6) is 0 Å². The van der Waals surface area contributed by atoms with Crippen molar-refractivity contribution >= 4 is 34.4 Å². The number of halogens is 1. The Kier molecular flexibility index (Phi) is 7.97. The average Bonchev–Trinajstić information content (AvgIpc) is 3.55. The number of likely N-dealkylation sites (tertiary alicyclic amines) is 1. The summed E-state index contributed by atoms with van der Waals surface area (Å²) < 4.78 is 2.13. The first-order chi connectivity index (χ1) is 18.8. The molecule has 3 atom stereocenters. The number of para-hydroxylation sites is 2. The van der Waals surface area contributed by atoms with E-state index in [1.807, 2.05) is 67.6 Å². The molecule has 1 aliphatic heterocycles. The van der Waals surface area contributed by atoms with E-state index >= 15 is 0 Å². The Balaban J connectivity index is 1.20. The third-order valence-electron chi connectivity index (χ3n) is 7.23. The van der Waals surface area contributed by atoms with E-state index in [0.717, 1.165) is 40.0 Å². The van der Waals surface area contributed by atoms with Gasteiger partial charge in [-0.3, -0.25) is 9.59 Å². The van der Waals surface area contributed by atoms with Crippen LogP contribution in [-0.2, 0) is 22.7 Å². The van der Waals surface area contributed by atoms with Crippen molar-refractivity contribution in [1.82, 2.24) is 19.8 Å². The van der Waals surface area contributed by atoms with Crippen LogP contribution in [0.15, 0.2) is 72.8 Å². The number of amides is 2. The number of carbonyl (C=O) groups is 2. The van der Waals surface area contributed by atoms with E-state index in [9.17, 15) is 19.8 Å². The van der Waals surface area contributed by atoms with Crippen LogP contribution in [0.4, 0.5) is 0 Å². The van der Waals surface area contributed by atoms with Gasteiger partial charge in [0.1, 0.15) is 5.82 Å². The number of aryl methyl sites for hydroxylation is 1. The van der Waals surface area contributed by atoms with E-state index in [1.54, 1.807) is 12.1 Å². The van der Waals surface area contributed by atoms with Crippen LogP contribution in [0, 0.1) is 6.92 Å². The summed E-state index contributed by atoms with van der Waals surface area (Å²) in [6.07, 6.45) is -2.29. The fourth-order valence-corrected chi connectivity index (χ4v) is 5.45. The molecule has 1 unspecified atom stereocenters. The van der Waals surface area contributed by atoms with Gasteiger partial charge in [-0.15, -0.1) is 0 Å². The van der Waals surface area contributed by atoms with Gasteiger partial charge >= 0.3 is 0 Å². The second kappa shape index (κ2) is 11.6. The lowest BCUT2D eigenvalue weighted by Crippen LogP contribution is -2.50. The number of benzene rings is 3. The van der Waals surface area contributed by atoms with Gasteiger partial charge in [0.2, 0.25) is 0 Å². The summed E-state index contributed by atoms with van der Waals surface area (Å²) in [7, 11) is 0. The highest BCUT2D eigenvalue weighted by Crippen LogP contribution is 2.33. The van der Waals surface area contributed by atoms with Crippen LogP contribution in [-0.4, -0.2) is 55.2 Å². The normalized spacial score (nSPS) is 16.8. The maximum Gasteiger partial charge on any atom is 0.255 e. The predicted octanol–water partition coefficient (Wildman–Crippen LogP) is 3.75. The zero-order valence-corrected chi connectivity index (χ0v) is 22.4. The Bertz CT molecular complexity index is 1500. The summed E-state index contributed by atoms with van der Waals surface area (Å²) in [5, 5.41) is 24.3. The quantitative estimate of drug-likeness (QED) is 0.312. The smallest absolute Gasteiger partial charge is 0.255 e. The third kappa shape index (κ3) is 5.83. The number of hydrogen-bond acceptors (Lipinski definition) is 5. The Labute approximate surface area is 231 Å². The Morgan fingerprint density at radius 2 is 1.79 bits per heavy atom. The number of hydrogen-bond donors (Lipinski definition) is 3. The van der Waals surface area contributed by atoms with Gasteiger partial charge in [-0.05, 0) is 60.7 Å². The number of aliphatic hydroxyl groups is 2. The second-order valence-electron chi connectivity index (χ2n) is 9.91. The molecule has 5 rings (SSSR count). The van der Waals surface area contributed by atoms with Crippen molar-refractivity contribution < 1.29 is 19.8 Å². The van der Waals surface area contributed by atoms with Gasteiger partial charge in [-0.1, -0.05) is 60.1 Å². The van der Waals surface area contributed by atoms with Crippen LogP contribution < -0.4 is 5.32 Å². The molecule has 0 spiro atoms. The molecular formula is C30H31ClN4O4. The zero-order valence-electron chi connectivity index (χ0n) is 21.6. The van der Waals surface area contributed by atoms with Crippen molar-refractivity contribution in [1.29, 1.82) is 0 Å². The molecule has 2 heterocycles. The minimum atomic E-state index is -1.89. The molecule has 9 heteroatoms. The predicted molar refractivity (Wildman–Crippen MR) is 149 cm³/mol. The topological polar surface area (TPSA) is 108 Å². The lowest BCUT2D eigenvalue weighted by molar-refractivity contribution is -0.153. The molecule has 1 fully saturated rings. The number of imidazole rings is 1. The molecule has 8 nitrogen and oxygen atoms in total. The van der Waals surface area contributed by atoms with E-state index < -0.39 is 24.0 Å². The fourth-order valence-electron chi connectivity index (χ4n) is 5.25. The molecule has 0 bridgehead atoms. The summed E-state index contributed by atoms with van der Waals surface area (Å²) in [5.41, 5.74) is 4.71. The number of nitrogens with one attached hydrogen (secondary N) is 1. The first-order valence-corrected chi connectivity index (χ1v) is 13.4. The standard InChI is InChI=1S/C30H31ClN4O4/c1-19-33-24-11-2-3-12-26(24)35(19)18-21-8-4-7-20(15-21)17-32-29(38)27(36)28(37)30(39)34-14-6-13-25(34)22-9-5-10-23(31)16-22/h2-5,7-12,15-16,25,27-28,36-37H,6,13-14,17-18H2,1H3,(H,32,38)/t25?,27-,28-/m1/s1. The third-order valence-corrected chi connectivity index (χ3v) is 7.47. The molecule has 2 amide bonds. The van der Waals surface area contributed by atoms with Crippen molar-refractivity contribution in [3.05, 3.63) is 100 Å². The molecular weight excluding hydrogens is 516 g/mol. The van der Waals surface area contributed by atoms with Crippen LogP contribution in [0.25, 0.3) is 11.0 Å². The minimum absolute atomic E-state index is 0.142. The highest BCUT2D eigenvalue weighted by Gasteiger charge is 2.38. The second-order valence-corrected chi connectivity index (χ2v) is 10.3. The monoisotopic (exact) mass is 546 g/mol. The van der Waals surface area contributed by atoms with Crippen LogP contribution in [0.1, 0.15) is 41.4 Å². The molecule has 1 saturated heterocycles. The molecule has 0 saturated carbocycles. The van der Waals surface area contributed by atoms with Crippen molar-refractivity contribution in [2.45, 2.75) is 51.1 Å². The van der Waals surface area contributed by atoms with Gasteiger partial charge < -0.3 is 25.0 Å². The van der Waals surface area contributed by atoms with Crippen molar-refractivity contribution in [3.8, 4) is 0 Å². The average molecular weight is 547 g/mol. The number of aliphatic hydroxyl groups excluding tert-OH is 2. The van der Waals surface area contributed by atoms with Gasteiger partial charge in [-0.25, -0.2) is 4.98 Å². The van der Waals surface area contributed by atoms with E-state index in [2.05, 4.69) is 14.9 Å². The van der Waals surface area contributed by atoms with Gasteiger partial charge in [0.15, 0.2) is 12.2 Å². The number of aromatic nitrogens is 2. The number of fused-ring (bicyclic) bond motifs is 1. The van der Waals surface area contributed by atoms with Crippen molar-refractivity contribution in [3.63, 3.8) is 0 Å². The molecule has 4 aromatic rings. The Hall–Kier alpha value is -3.72. The lowest BCUT2D eigenvalue weighted by Gasteiger charge is -2.28. The van der Waals surface area contributed by atoms with Crippen LogP contribution in [0.2, 0.25) is 5.02 Å². The molecule has 0 aliphatic carbocycles. The summed E-state index contributed by atoms with van der Waals surface area (Å²) in [6, 6.07) is 22.7. The summed E-state index contributed by atoms with van der Waals surface area (Å²) >= 11 is 6.12. The molecule has 3 aromatic carbocycles. The number of carbonyl (C=O) groups excluding carboxylic acids is 2. The molecule has 1 aliphatic rings. The van der Waals surface area contributed by atoms with Gasteiger partial charge in [0, 0.05) is 24.7 Å². The van der Waals surface area contributed by atoms with Crippen molar-refractivity contribution in [2.75, 3.05) is 6.54 Å². The van der Waals surface area contributed by atoms with Gasteiger partial charge in [-0.2, -0.15) is 0 Å². The highest BCUT2D eigenvalue weighted by atomic mass is 35.5. The first-order valence-electron chi connectivity index (χ1n) is 13.0. The van der Waals surface area contributed by atoms with E-state index in [0.29, 0.717) is 24.5 Å². The Morgan fingerprint density at radius 1 is 1.03 bits per heavy atom. The molecule has 202 valence electrons. The van der Waals surface area contributed by atoms with Gasteiger partial charge in [0.25, 0.3) is 11.8 Å². The highest BCUT2D eigenvalue weighted by molar-refractivity contribution is 6.30. The van der Waals surface area contributed by atoms with Crippen LogP contribution >= 0.6 is 11.6 Å². The lowest BCUT2D eigenvalue weighted by atomic mass is 10.0. The summed E-state index contributed by atoms with van der Waals surface area (Å²) in [5.74, 6) is -0.575. The minimum Gasteiger partial charge on any atom is -0.380 e. The SMILES string of the molecule is Cc1nc2ccccc2n1Cc1cccc(CNC(=O)[C@H](O)[C@@H](O)C(=O)N2CCCC2c2cccc(Cl)c2)c1. The van der Waals surface area contributed by atoms with E-state index in [1.165, 1.54) is 4.90 Å². The van der Waals surface area contributed by atoms with E-state index in [-0.39, 0.29) is 12.6 Å². The first kappa shape index (κ1) is 26.9. The van der Waals surface area contributed by atoms with Crippen LogP contribution in [0.3, 0.4) is 0 Å².